The number of carbonyl (C=O) groups excluding carboxylic acids is 1. The van der Waals surface area contributed by atoms with Gasteiger partial charge in [0.15, 0.2) is 0 Å². The second-order valence-corrected chi connectivity index (χ2v) is 7.29. The molecular weight excluding hydrogens is 364 g/mol. The number of amides is 1. The summed E-state index contributed by atoms with van der Waals surface area (Å²) in [6, 6.07) is 5.49. The number of nitro groups is 1. The number of carbonyl (C=O) groups is 1. The summed E-state index contributed by atoms with van der Waals surface area (Å²) in [6.45, 7) is 6.55. The van der Waals surface area contributed by atoms with Crippen molar-refractivity contribution in [2.75, 3.05) is 30.3 Å². The number of anilines is 2. The molecule has 1 aromatic carbocycles. The van der Waals surface area contributed by atoms with Crippen LogP contribution in [-0.2, 0) is 11.2 Å². The van der Waals surface area contributed by atoms with Gasteiger partial charge in [-0.15, -0.1) is 0 Å². The van der Waals surface area contributed by atoms with Crippen molar-refractivity contribution in [3.63, 3.8) is 0 Å². The fourth-order valence-corrected chi connectivity index (χ4v) is 4.21. The van der Waals surface area contributed by atoms with Crippen molar-refractivity contribution >= 4 is 34.3 Å². The highest BCUT2D eigenvalue weighted by molar-refractivity contribution is 7.07. The molecular formula is C19H24N4O3S. The van der Waals surface area contributed by atoms with Crippen molar-refractivity contribution in [2.45, 2.75) is 32.7 Å². The molecule has 2 aromatic rings. The molecule has 0 spiro atoms. The Morgan fingerprint density at radius 1 is 1.33 bits per heavy atom. The fourth-order valence-electron chi connectivity index (χ4n) is 3.50. The minimum atomic E-state index is -0.365. The fraction of sp³-hybridized carbons (Fsp3) is 0.421. The van der Waals surface area contributed by atoms with Crippen LogP contribution in [0.15, 0.2) is 29.0 Å². The number of nitro benzene ring substituents is 1. The third-order valence-corrected chi connectivity index (χ3v) is 5.68. The maximum atomic E-state index is 11.7. The first-order valence-electron chi connectivity index (χ1n) is 9.14. The maximum absolute atomic E-state index is 11.7. The van der Waals surface area contributed by atoms with Gasteiger partial charge < -0.3 is 10.6 Å². The topological polar surface area (TPSA) is 87.5 Å². The molecule has 0 aliphatic carbocycles. The van der Waals surface area contributed by atoms with E-state index in [-0.39, 0.29) is 22.6 Å². The van der Waals surface area contributed by atoms with Crippen molar-refractivity contribution in [3.05, 3.63) is 50.2 Å². The molecule has 1 aromatic heterocycles. The zero-order chi connectivity index (χ0) is 19.4. The van der Waals surface area contributed by atoms with Crippen LogP contribution >= 0.6 is 11.3 Å². The van der Waals surface area contributed by atoms with Gasteiger partial charge in [-0.05, 0) is 53.5 Å². The highest BCUT2D eigenvalue weighted by Crippen LogP contribution is 2.35. The van der Waals surface area contributed by atoms with E-state index >= 15 is 0 Å². The Labute approximate surface area is 162 Å². The first-order valence-corrected chi connectivity index (χ1v) is 10.1. The van der Waals surface area contributed by atoms with Gasteiger partial charge in [-0.3, -0.25) is 19.8 Å². The summed E-state index contributed by atoms with van der Waals surface area (Å²) < 4.78 is 0. The molecule has 2 N–H and O–H groups in total. The van der Waals surface area contributed by atoms with Crippen LogP contribution < -0.4 is 10.6 Å². The number of aryl methyl sites for hydroxylation is 1. The maximum Gasteiger partial charge on any atom is 0.292 e. The molecule has 7 nitrogen and oxygen atoms in total. The molecule has 3 rings (SSSR count). The lowest BCUT2D eigenvalue weighted by Gasteiger charge is -2.30. The summed E-state index contributed by atoms with van der Waals surface area (Å²) in [5, 5.41) is 21.8. The van der Waals surface area contributed by atoms with E-state index in [0.717, 1.165) is 18.7 Å². The Morgan fingerprint density at radius 3 is 2.74 bits per heavy atom. The summed E-state index contributed by atoms with van der Waals surface area (Å²) in [4.78, 5) is 25.2. The van der Waals surface area contributed by atoms with E-state index in [2.05, 4.69) is 40.8 Å². The largest absolute Gasteiger partial charge is 0.378 e. The van der Waals surface area contributed by atoms with E-state index in [9.17, 15) is 14.9 Å². The summed E-state index contributed by atoms with van der Waals surface area (Å²) >= 11 is 1.64. The molecule has 27 heavy (non-hydrogen) atoms. The van der Waals surface area contributed by atoms with E-state index in [1.165, 1.54) is 5.56 Å². The van der Waals surface area contributed by atoms with E-state index in [1.54, 1.807) is 23.5 Å². The van der Waals surface area contributed by atoms with Crippen LogP contribution in [0.25, 0.3) is 0 Å². The number of hydrogen-bond acceptors (Lipinski definition) is 6. The number of nitrogens with one attached hydrogen (secondary N) is 2. The van der Waals surface area contributed by atoms with Gasteiger partial charge in [-0.1, -0.05) is 13.8 Å². The Hall–Kier alpha value is -2.45. The minimum absolute atomic E-state index is 0.0496. The van der Waals surface area contributed by atoms with Crippen molar-refractivity contribution in [3.8, 4) is 0 Å². The van der Waals surface area contributed by atoms with Crippen LogP contribution in [-0.4, -0.2) is 35.4 Å². The number of hydrogen-bond donors (Lipinski definition) is 2. The lowest BCUT2D eigenvalue weighted by Crippen LogP contribution is -2.33. The first-order chi connectivity index (χ1) is 13.0. The zero-order valence-corrected chi connectivity index (χ0v) is 16.3. The Balaban J connectivity index is 1.88. The molecule has 0 saturated carbocycles. The van der Waals surface area contributed by atoms with Crippen LogP contribution in [0.2, 0.25) is 0 Å². The van der Waals surface area contributed by atoms with E-state index < -0.39 is 0 Å². The molecule has 1 amide bonds. The van der Waals surface area contributed by atoms with Gasteiger partial charge in [0, 0.05) is 24.7 Å². The highest BCUT2D eigenvalue weighted by Gasteiger charge is 2.24. The summed E-state index contributed by atoms with van der Waals surface area (Å²) in [6.07, 6.45) is 0.887. The van der Waals surface area contributed by atoms with E-state index in [4.69, 9.17) is 0 Å². The third kappa shape index (κ3) is 4.28. The highest BCUT2D eigenvalue weighted by atomic mass is 32.1. The molecule has 0 saturated heterocycles. The Bertz CT molecular complexity index is 819. The van der Waals surface area contributed by atoms with Crippen LogP contribution in [0.3, 0.4) is 0 Å². The number of benzene rings is 1. The average Bonchev–Trinajstić information content (AvgIpc) is 3.18. The van der Waals surface area contributed by atoms with E-state index in [0.29, 0.717) is 30.8 Å². The Kier molecular flexibility index (Phi) is 6.08. The second-order valence-electron chi connectivity index (χ2n) is 6.51. The average molecular weight is 388 g/mol. The predicted octanol–water partition coefficient (Wildman–Crippen LogP) is 4.04. The van der Waals surface area contributed by atoms with Crippen LogP contribution in [0.5, 0.6) is 0 Å². The predicted molar refractivity (Wildman–Crippen MR) is 109 cm³/mol. The minimum Gasteiger partial charge on any atom is -0.378 e. The lowest BCUT2D eigenvalue weighted by molar-refractivity contribution is -0.384. The van der Waals surface area contributed by atoms with Gasteiger partial charge in [0.2, 0.25) is 5.91 Å². The van der Waals surface area contributed by atoms with Gasteiger partial charge in [-0.2, -0.15) is 11.3 Å². The molecule has 0 radical (unpaired) electrons. The quantitative estimate of drug-likeness (QED) is 0.526. The van der Waals surface area contributed by atoms with Crippen molar-refractivity contribution in [1.82, 2.24) is 4.90 Å². The van der Waals surface area contributed by atoms with Gasteiger partial charge >= 0.3 is 0 Å². The Morgan fingerprint density at radius 2 is 2.11 bits per heavy atom. The number of nitrogens with zero attached hydrogens (tertiary/aromatic N) is 2. The third-order valence-electron chi connectivity index (χ3n) is 4.98. The van der Waals surface area contributed by atoms with Gasteiger partial charge in [0.05, 0.1) is 11.0 Å². The molecule has 144 valence electrons. The van der Waals surface area contributed by atoms with Crippen LogP contribution in [0.1, 0.15) is 37.4 Å². The van der Waals surface area contributed by atoms with Gasteiger partial charge in [-0.25, -0.2) is 0 Å². The van der Waals surface area contributed by atoms with Gasteiger partial charge in [0.1, 0.15) is 5.69 Å². The summed E-state index contributed by atoms with van der Waals surface area (Å²) in [5.41, 5.74) is 3.16. The molecule has 1 atom stereocenters. The molecule has 1 unspecified atom stereocenters. The molecule has 0 fully saturated rings. The molecule has 0 bridgehead atoms. The SMILES string of the molecule is CCN(CC)C(CNc1cc2c(cc1[N+](=O)[O-])CCC(=O)N2)c1ccsc1. The van der Waals surface area contributed by atoms with Crippen LogP contribution in [0.4, 0.5) is 17.1 Å². The van der Waals surface area contributed by atoms with Crippen molar-refractivity contribution < 1.29 is 9.72 Å². The van der Waals surface area contributed by atoms with Gasteiger partial charge in [0.25, 0.3) is 5.69 Å². The van der Waals surface area contributed by atoms with Crippen molar-refractivity contribution in [2.24, 2.45) is 0 Å². The second kappa shape index (κ2) is 8.49. The number of fused-ring (bicyclic) bond motifs is 1. The number of rotatable bonds is 8. The molecule has 1 aliphatic rings. The molecule has 2 heterocycles. The zero-order valence-electron chi connectivity index (χ0n) is 15.5. The summed E-state index contributed by atoms with van der Waals surface area (Å²) in [7, 11) is 0. The lowest BCUT2D eigenvalue weighted by atomic mass is 10.0. The number of thiophene rings is 1. The van der Waals surface area contributed by atoms with E-state index in [1.807, 2.05) is 5.38 Å². The summed E-state index contributed by atoms with van der Waals surface area (Å²) in [5.74, 6) is -0.0541. The monoisotopic (exact) mass is 388 g/mol. The normalized spacial score (nSPS) is 14.6. The number of likely N-dealkylation sites (N-methyl/N-ethyl adjacent to an activating group) is 1. The standard InChI is InChI=1S/C19H24N4O3S/c1-3-22(4-2)18(14-7-8-27-12-14)11-20-16-10-15-13(5-6-19(24)21-15)9-17(16)23(25)26/h7-10,12,18,20H,3-6,11H2,1-2H3,(H,21,24). The molecule has 8 heteroatoms. The smallest absolute Gasteiger partial charge is 0.292 e. The molecule has 1 aliphatic heterocycles. The van der Waals surface area contributed by atoms with Crippen LogP contribution in [0, 0.1) is 10.1 Å². The first kappa shape index (κ1) is 19.3. The van der Waals surface area contributed by atoms with Crippen molar-refractivity contribution in [1.29, 1.82) is 0 Å².